The summed E-state index contributed by atoms with van der Waals surface area (Å²) >= 11 is 3.38. The zero-order valence-electron chi connectivity index (χ0n) is 11.3. The molecule has 6 heteroatoms. The molecule has 0 unspecified atom stereocenters. The molecule has 1 aromatic carbocycles. The third-order valence-corrected chi connectivity index (χ3v) is 4.25. The van der Waals surface area contributed by atoms with E-state index in [1.807, 2.05) is 19.1 Å². The Morgan fingerprint density at radius 1 is 1.45 bits per heavy atom. The first-order chi connectivity index (χ1) is 9.52. The van der Waals surface area contributed by atoms with Crippen molar-refractivity contribution < 1.29 is 18.2 Å². The molecule has 0 aliphatic carbocycles. The Kier molecular flexibility index (Phi) is 4.99. The van der Waals surface area contributed by atoms with Gasteiger partial charge in [0, 0.05) is 16.1 Å². The van der Waals surface area contributed by atoms with Gasteiger partial charge in [0.1, 0.15) is 17.8 Å². The lowest BCUT2D eigenvalue weighted by Gasteiger charge is -2.02. The van der Waals surface area contributed by atoms with Crippen LogP contribution >= 0.6 is 15.9 Å². The first-order valence-corrected chi connectivity index (χ1v) is 8.58. The van der Waals surface area contributed by atoms with E-state index in [1.165, 1.54) is 0 Å². The Morgan fingerprint density at radius 3 is 2.85 bits per heavy atom. The van der Waals surface area contributed by atoms with E-state index in [9.17, 15) is 9.00 Å². The summed E-state index contributed by atoms with van der Waals surface area (Å²) in [6.45, 7) is 2.31. The number of carbonyl (C=O) groups excluding carboxylic acids is 1. The van der Waals surface area contributed by atoms with Crippen molar-refractivity contribution in [3.05, 3.63) is 28.4 Å². The Hall–Kier alpha value is -1.14. The van der Waals surface area contributed by atoms with Gasteiger partial charge in [-0.05, 0) is 24.6 Å². The van der Waals surface area contributed by atoms with Gasteiger partial charge in [0.25, 0.3) is 0 Å². The fourth-order valence-corrected chi connectivity index (χ4v) is 3.19. The Balaban J connectivity index is 2.39. The molecule has 4 nitrogen and oxygen atoms in total. The van der Waals surface area contributed by atoms with Crippen LogP contribution in [0.3, 0.4) is 0 Å². The highest BCUT2D eigenvalue weighted by Gasteiger charge is 2.20. The largest absolute Gasteiger partial charge is 0.465 e. The maximum absolute atomic E-state index is 11.9. The summed E-state index contributed by atoms with van der Waals surface area (Å²) in [5.74, 6) is 0.0525. The van der Waals surface area contributed by atoms with Crippen molar-refractivity contribution >= 4 is 43.7 Å². The molecule has 1 atom stereocenters. The van der Waals surface area contributed by atoms with E-state index in [-0.39, 0.29) is 12.4 Å². The van der Waals surface area contributed by atoms with Crippen LogP contribution in [0.25, 0.3) is 11.0 Å². The topological polar surface area (TPSA) is 56.5 Å². The average molecular weight is 359 g/mol. The summed E-state index contributed by atoms with van der Waals surface area (Å²) in [7, 11) is -1.24. The van der Waals surface area contributed by atoms with Crippen LogP contribution in [-0.2, 0) is 26.8 Å². The maximum atomic E-state index is 11.9. The number of halogens is 1. The van der Waals surface area contributed by atoms with Crippen LogP contribution in [0.2, 0.25) is 0 Å². The van der Waals surface area contributed by atoms with Gasteiger partial charge >= 0.3 is 5.97 Å². The van der Waals surface area contributed by atoms with E-state index >= 15 is 0 Å². The van der Waals surface area contributed by atoms with Gasteiger partial charge in [0.15, 0.2) is 0 Å². The molecule has 20 heavy (non-hydrogen) atoms. The molecule has 0 spiro atoms. The number of furan rings is 1. The number of rotatable bonds is 5. The number of hydrogen-bond donors (Lipinski definition) is 0. The lowest BCUT2D eigenvalue weighted by Crippen LogP contribution is -2.09. The third-order valence-electron chi connectivity index (χ3n) is 2.73. The molecule has 0 radical (unpaired) electrons. The minimum absolute atomic E-state index is 0.00120. The van der Waals surface area contributed by atoms with Gasteiger partial charge in [-0.1, -0.05) is 22.9 Å². The van der Waals surface area contributed by atoms with Gasteiger partial charge in [0.05, 0.1) is 22.3 Å². The summed E-state index contributed by atoms with van der Waals surface area (Å²) in [6.07, 6.45) is 2.35. The standard InChI is InChI=1S/C14H15BrO4S/c1-3-6-18-13(16)8-12-14(20(2)17)10-7-9(15)4-5-11(10)19-12/h4-5,7H,3,6,8H2,1-2H3/t20-/m1/s1. The van der Waals surface area contributed by atoms with Crippen molar-refractivity contribution in [2.75, 3.05) is 12.9 Å². The molecule has 1 heterocycles. The minimum atomic E-state index is -1.24. The fraction of sp³-hybridized carbons (Fsp3) is 0.357. The van der Waals surface area contributed by atoms with E-state index < -0.39 is 10.8 Å². The predicted molar refractivity (Wildman–Crippen MR) is 81.2 cm³/mol. The Bertz CT molecular complexity index is 662. The van der Waals surface area contributed by atoms with Crippen molar-refractivity contribution in [1.82, 2.24) is 0 Å². The number of ether oxygens (including phenoxy) is 1. The first kappa shape index (κ1) is 15.3. The van der Waals surface area contributed by atoms with Gasteiger partial charge in [-0.25, -0.2) is 0 Å². The summed E-state index contributed by atoms with van der Waals surface area (Å²) in [5, 5.41) is 0.762. The highest BCUT2D eigenvalue weighted by molar-refractivity contribution is 9.10. The van der Waals surface area contributed by atoms with Crippen molar-refractivity contribution in [1.29, 1.82) is 0 Å². The second-order valence-electron chi connectivity index (χ2n) is 4.35. The molecule has 0 aliphatic heterocycles. The molecule has 1 aromatic heterocycles. The molecule has 0 saturated carbocycles. The number of benzene rings is 1. The lowest BCUT2D eigenvalue weighted by molar-refractivity contribution is -0.143. The highest BCUT2D eigenvalue weighted by atomic mass is 79.9. The Morgan fingerprint density at radius 2 is 2.20 bits per heavy atom. The van der Waals surface area contributed by atoms with Crippen molar-refractivity contribution in [2.24, 2.45) is 0 Å². The monoisotopic (exact) mass is 358 g/mol. The molecule has 0 N–H and O–H groups in total. The maximum Gasteiger partial charge on any atom is 0.313 e. The molecule has 0 bridgehead atoms. The number of fused-ring (bicyclic) bond motifs is 1. The van der Waals surface area contributed by atoms with E-state index in [4.69, 9.17) is 9.15 Å². The van der Waals surface area contributed by atoms with Gasteiger partial charge in [-0.15, -0.1) is 0 Å². The number of esters is 1. The molecule has 2 aromatic rings. The molecule has 0 fully saturated rings. The Labute approximate surface area is 128 Å². The summed E-state index contributed by atoms with van der Waals surface area (Å²) < 4.78 is 23.5. The summed E-state index contributed by atoms with van der Waals surface area (Å²) in [5.41, 5.74) is 0.622. The van der Waals surface area contributed by atoms with E-state index in [2.05, 4.69) is 15.9 Å². The molecule has 0 saturated heterocycles. The second-order valence-corrected chi connectivity index (χ2v) is 6.58. The first-order valence-electron chi connectivity index (χ1n) is 6.23. The SMILES string of the molecule is CCCOC(=O)Cc1oc2ccc(Br)cc2c1[S@@](C)=O. The number of hydrogen-bond acceptors (Lipinski definition) is 4. The van der Waals surface area contributed by atoms with Gasteiger partial charge in [0.2, 0.25) is 0 Å². The molecule has 108 valence electrons. The van der Waals surface area contributed by atoms with Crippen LogP contribution in [0.15, 0.2) is 32.0 Å². The minimum Gasteiger partial charge on any atom is -0.465 e. The van der Waals surface area contributed by atoms with Crippen LogP contribution in [0.4, 0.5) is 0 Å². The molecule has 0 aliphatic rings. The van der Waals surface area contributed by atoms with Crippen molar-refractivity contribution in [2.45, 2.75) is 24.7 Å². The van der Waals surface area contributed by atoms with Crippen LogP contribution in [0.5, 0.6) is 0 Å². The highest BCUT2D eigenvalue weighted by Crippen LogP contribution is 2.31. The van der Waals surface area contributed by atoms with Gasteiger partial charge < -0.3 is 9.15 Å². The quantitative estimate of drug-likeness (QED) is 0.768. The summed E-state index contributed by atoms with van der Waals surface area (Å²) in [6, 6.07) is 5.47. The fourth-order valence-electron chi connectivity index (χ4n) is 1.93. The summed E-state index contributed by atoms with van der Waals surface area (Å²) in [4.78, 5) is 12.3. The zero-order valence-corrected chi connectivity index (χ0v) is 13.7. The van der Waals surface area contributed by atoms with Crippen molar-refractivity contribution in [3.8, 4) is 0 Å². The van der Waals surface area contributed by atoms with Crippen LogP contribution in [0, 0.1) is 0 Å². The van der Waals surface area contributed by atoms with Crippen LogP contribution in [0.1, 0.15) is 19.1 Å². The van der Waals surface area contributed by atoms with Crippen LogP contribution < -0.4 is 0 Å². The molecule has 2 rings (SSSR count). The smallest absolute Gasteiger partial charge is 0.313 e. The normalized spacial score (nSPS) is 12.6. The molecule has 0 amide bonds. The van der Waals surface area contributed by atoms with E-state index in [1.54, 1.807) is 12.3 Å². The van der Waals surface area contributed by atoms with Gasteiger partial charge in [-0.3, -0.25) is 9.00 Å². The molecular formula is C14H15BrO4S. The lowest BCUT2D eigenvalue weighted by atomic mass is 10.2. The molecular weight excluding hydrogens is 344 g/mol. The van der Waals surface area contributed by atoms with Gasteiger partial charge in [-0.2, -0.15) is 0 Å². The third kappa shape index (κ3) is 3.30. The van der Waals surface area contributed by atoms with Crippen LogP contribution in [-0.4, -0.2) is 23.0 Å². The second kappa shape index (κ2) is 6.54. The average Bonchev–Trinajstić information content (AvgIpc) is 2.73. The predicted octanol–water partition coefficient (Wildman–Crippen LogP) is 3.43. The van der Waals surface area contributed by atoms with E-state index in [0.29, 0.717) is 22.8 Å². The van der Waals surface area contributed by atoms with Crippen molar-refractivity contribution in [3.63, 3.8) is 0 Å². The zero-order chi connectivity index (χ0) is 14.7. The number of carbonyl (C=O) groups is 1. The van der Waals surface area contributed by atoms with E-state index in [0.717, 1.165) is 16.3 Å².